The molecular weight excluding hydrogens is 370 g/mol. The second-order valence-corrected chi connectivity index (χ2v) is 8.30. The first kappa shape index (κ1) is 18.2. The van der Waals surface area contributed by atoms with Crippen LogP contribution in [-0.4, -0.2) is 45.8 Å². The van der Waals surface area contributed by atoms with Gasteiger partial charge in [0.05, 0.1) is 24.9 Å². The zero-order valence-electron chi connectivity index (χ0n) is 16.3. The Bertz CT molecular complexity index is 972. The number of carbonyl (C=O) groups is 1. The van der Waals surface area contributed by atoms with Crippen LogP contribution in [0.4, 0.5) is 5.82 Å². The largest absolute Gasteiger partial charge is 0.469 e. The second-order valence-electron chi connectivity index (χ2n) is 8.30. The maximum absolute atomic E-state index is 12.2. The Labute approximate surface area is 168 Å². The molecule has 0 radical (unpaired) electrons. The van der Waals surface area contributed by atoms with E-state index in [4.69, 9.17) is 9.15 Å². The van der Waals surface area contributed by atoms with Crippen LogP contribution in [0.2, 0.25) is 0 Å². The molecule has 6 rings (SSSR count). The number of amides is 1. The molecular formula is C21H25N5O3. The van der Waals surface area contributed by atoms with Gasteiger partial charge >= 0.3 is 0 Å². The lowest BCUT2D eigenvalue weighted by Gasteiger charge is -2.53. The van der Waals surface area contributed by atoms with E-state index in [1.165, 1.54) is 0 Å². The standard InChI is InChI=1S/C21H25N5O3/c27-18(11-16-3-2-10-28-16)22-12-20-5-7-21(8-6-20,29-14-20)13-23-19-17-4-1-9-26(17)25-15-24-19/h1-4,9-10,15H,5-8,11-14H2,(H,22,27)(H,23,24,25). The van der Waals surface area contributed by atoms with Gasteiger partial charge in [-0.05, 0) is 49.9 Å². The molecule has 3 aromatic rings. The molecule has 3 fully saturated rings. The molecule has 0 spiro atoms. The van der Waals surface area contributed by atoms with E-state index in [0.717, 1.165) is 43.6 Å². The smallest absolute Gasteiger partial charge is 0.227 e. The molecule has 1 amide bonds. The van der Waals surface area contributed by atoms with Gasteiger partial charge in [-0.3, -0.25) is 4.79 Å². The van der Waals surface area contributed by atoms with E-state index in [9.17, 15) is 4.79 Å². The van der Waals surface area contributed by atoms with Gasteiger partial charge in [-0.15, -0.1) is 0 Å². The van der Waals surface area contributed by atoms with E-state index in [-0.39, 0.29) is 23.3 Å². The predicted octanol–water partition coefficient (Wildman–Crippen LogP) is 2.42. The highest BCUT2D eigenvalue weighted by Crippen LogP contribution is 2.48. The van der Waals surface area contributed by atoms with Crippen LogP contribution in [-0.2, 0) is 16.0 Å². The first-order valence-electron chi connectivity index (χ1n) is 10.1. The van der Waals surface area contributed by atoms with E-state index in [2.05, 4.69) is 20.7 Å². The Morgan fingerprint density at radius 3 is 2.83 bits per heavy atom. The van der Waals surface area contributed by atoms with E-state index < -0.39 is 0 Å². The van der Waals surface area contributed by atoms with Crippen molar-refractivity contribution in [3.63, 3.8) is 0 Å². The number of carbonyl (C=O) groups excluding carboxylic acids is 1. The number of rotatable bonds is 7. The molecule has 8 heteroatoms. The zero-order chi connectivity index (χ0) is 19.7. The fourth-order valence-electron chi connectivity index (χ4n) is 4.45. The predicted molar refractivity (Wildman–Crippen MR) is 106 cm³/mol. The molecule has 1 saturated carbocycles. The van der Waals surface area contributed by atoms with Crippen molar-refractivity contribution in [2.45, 2.75) is 37.7 Å². The van der Waals surface area contributed by atoms with Crippen molar-refractivity contribution in [2.75, 3.05) is 25.0 Å². The molecule has 1 aliphatic carbocycles. The molecule has 0 unspecified atom stereocenters. The number of anilines is 1. The fraction of sp³-hybridized carbons (Fsp3) is 0.476. The number of fused-ring (bicyclic) bond motifs is 4. The molecule has 2 aliphatic heterocycles. The van der Waals surface area contributed by atoms with Crippen LogP contribution >= 0.6 is 0 Å². The van der Waals surface area contributed by atoms with Crippen molar-refractivity contribution >= 4 is 17.2 Å². The van der Waals surface area contributed by atoms with Gasteiger partial charge in [-0.2, -0.15) is 5.10 Å². The van der Waals surface area contributed by atoms with Gasteiger partial charge in [0.25, 0.3) is 0 Å². The molecule has 29 heavy (non-hydrogen) atoms. The first-order chi connectivity index (χ1) is 14.2. The summed E-state index contributed by atoms with van der Waals surface area (Å²) in [6.45, 7) is 2.07. The summed E-state index contributed by atoms with van der Waals surface area (Å²) in [4.78, 5) is 16.6. The average molecular weight is 395 g/mol. The summed E-state index contributed by atoms with van der Waals surface area (Å²) in [6, 6.07) is 7.58. The van der Waals surface area contributed by atoms with Crippen molar-refractivity contribution in [1.82, 2.24) is 19.9 Å². The zero-order valence-corrected chi connectivity index (χ0v) is 16.3. The van der Waals surface area contributed by atoms with Crippen LogP contribution in [0.15, 0.2) is 47.5 Å². The van der Waals surface area contributed by atoms with Crippen LogP contribution in [0.1, 0.15) is 31.4 Å². The van der Waals surface area contributed by atoms with Crippen LogP contribution in [0.5, 0.6) is 0 Å². The molecule has 2 saturated heterocycles. The summed E-state index contributed by atoms with van der Waals surface area (Å²) in [7, 11) is 0. The highest BCUT2D eigenvalue weighted by molar-refractivity contribution is 5.77. The minimum absolute atomic E-state index is 0.00150. The van der Waals surface area contributed by atoms with Gasteiger partial charge < -0.3 is 19.8 Å². The summed E-state index contributed by atoms with van der Waals surface area (Å²) in [5.74, 6) is 1.52. The number of aromatic nitrogens is 3. The number of hydrogen-bond acceptors (Lipinski definition) is 6. The second kappa shape index (κ2) is 7.18. The Balaban J connectivity index is 1.15. The normalized spacial score (nSPS) is 25.9. The number of nitrogens with one attached hydrogen (secondary N) is 2. The Morgan fingerprint density at radius 1 is 1.17 bits per heavy atom. The number of nitrogens with zero attached hydrogens (tertiary/aromatic N) is 3. The molecule has 2 bridgehead atoms. The van der Waals surface area contributed by atoms with Crippen LogP contribution < -0.4 is 10.6 Å². The summed E-state index contributed by atoms with van der Waals surface area (Å²) in [6.07, 6.45) is 9.42. The summed E-state index contributed by atoms with van der Waals surface area (Å²) in [5.41, 5.74) is 0.850. The average Bonchev–Trinajstić information content (AvgIpc) is 3.44. The molecule has 2 N–H and O–H groups in total. The van der Waals surface area contributed by atoms with Crippen LogP contribution in [0.25, 0.3) is 5.52 Å². The minimum Gasteiger partial charge on any atom is -0.469 e. The van der Waals surface area contributed by atoms with Crippen molar-refractivity contribution in [2.24, 2.45) is 5.41 Å². The molecule has 0 aromatic carbocycles. The highest BCUT2D eigenvalue weighted by Gasteiger charge is 2.49. The fourth-order valence-corrected chi connectivity index (χ4v) is 4.45. The molecule has 5 heterocycles. The van der Waals surface area contributed by atoms with Crippen molar-refractivity contribution in [3.8, 4) is 0 Å². The van der Waals surface area contributed by atoms with Gasteiger partial charge in [0.2, 0.25) is 5.91 Å². The Kier molecular flexibility index (Phi) is 4.50. The van der Waals surface area contributed by atoms with Crippen LogP contribution in [0.3, 0.4) is 0 Å². The molecule has 0 atom stereocenters. The molecule has 3 aromatic heterocycles. The van der Waals surface area contributed by atoms with Gasteiger partial charge in [0, 0.05) is 24.7 Å². The lowest BCUT2D eigenvalue weighted by molar-refractivity contribution is -0.175. The lowest BCUT2D eigenvalue weighted by Crippen LogP contribution is -2.57. The summed E-state index contributed by atoms with van der Waals surface area (Å²) >= 11 is 0. The number of furan rings is 1. The number of ether oxygens (including phenoxy) is 1. The maximum Gasteiger partial charge on any atom is 0.227 e. The third-order valence-electron chi connectivity index (χ3n) is 6.39. The monoisotopic (exact) mass is 395 g/mol. The highest BCUT2D eigenvalue weighted by atomic mass is 16.5. The van der Waals surface area contributed by atoms with E-state index in [1.54, 1.807) is 18.7 Å². The first-order valence-corrected chi connectivity index (χ1v) is 10.1. The minimum atomic E-state index is -0.158. The van der Waals surface area contributed by atoms with E-state index >= 15 is 0 Å². The summed E-state index contributed by atoms with van der Waals surface area (Å²) in [5, 5.41) is 10.8. The van der Waals surface area contributed by atoms with Crippen molar-refractivity contribution in [3.05, 3.63) is 48.8 Å². The Morgan fingerprint density at radius 2 is 2.07 bits per heavy atom. The van der Waals surface area contributed by atoms with Gasteiger partial charge in [0.1, 0.15) is 17.6 Å². The SMILES string of the molecule is O=C(Cc1ccco1)NCC12CCC(CNc3ncnn4cccc34)(CC1)OC2. The van der Waals surface area contributed by atoms with E-state index in [1.807, 2.05) is 28.9 Å². The van der Waals surface area contributed by atoms with Crippen molar-refractivity contribution < 1.29 is 13.9 Å². The maximum atomic E-state index is 12.2. The Hall–Kier alpha value is -2.87. The third kappa shape index (κ3) is 3.60. The van der Waals surface area contributed by atoms with Gasteiger partial charge in [-0.1, -0.05) is 0 Å². The number of hydrogen-bond donors (Lipinski definition) is 2. The molecule has 152 valence electrons. The molecule has 8 nitrogen and oxygen atoms in total. The van der Waals surface area contributed by atoms with Gasteiger partial charge in [0.15, 0.2) is 5.82 Å². The third-order valence-corrected chi connectivity index (χ3v) is 6.39. The quantitative estimate of drug-likeness (QED) is 0.638. The topological polar surface area (TPSA) is 93.7 Å². The van der Waals surface area contributed by atoms with Crippen LogP contribution in [0, 0.1) is 5.41 Å². The van der Waals surface area contributed by atoms with Gasteiger partial charge in [-0.25, -0.2) is 9.50 Å². The van der Waals surface area contributed by atoms with E-state index in [0.29, 0.717) is 18.9 Å². The lowest BCUT2D eigenvalue weighted by atomic mass is 9.66. The van der Waals surface area contributed by atoms with Crippen molar-refractivity contribution in [1.29, 1.82) is 0 Å². The summed E-state index contributed by atoms with van der Waals surface area (Å²) < 4.78 is 13.4. The molecule has 3 aliphatic rings.